The maximum Gasteiger partial charge on any atom is 0.321 e. The molecule has 5 nitrogen and oxygen atoms in total. The largest absolute Gasteiger partial charge is 0.399 e. The number of carbonyl (C=O) groups is 2. The molecule has 0 aliphatic rings. The van der Waals surface area contributed by atoms with Crippen LogP contribution in [0.2, 0.25) is 0 Å². The summed E-state index contributed by atoms with van der Waals surface area (Å²) in [6.45, 7) is 0.463. The summed E-state index contributed by atoms with van der Waals surface area (Å²) in [5.74, 6) is -0.452. The molecular weight excluding hydrogens is 266 g/mol. The number of hydrogen-bond donors (Lipinski definition) is 3. The number of imide groups is 1. The smallest absolute Gasteiger partial charge is 0.321 e. The summed E-state index contributed by atoms with van der Waals surface area (Å²) in [5, 5.41) is 4.92. The lowest BCUT2D eigenvalue weighted by Crippen LogP contribution is -2.40. The van der Waals surface area contributed by atoms with Crippen LogP contribution >= 0.6 is 0 Å². The van der Waals surface area contributed by atoms with Gasteiger partial charge in [0.25, 0.3) is 5.91 Å². The number of carbonyl (C=O) groups excluding carboxylic acids is 2. The monoisotopic (exact) mass is 283 g/mol. The summed E-state index contributed by atoms with van der Waals surface area (Å²) in [6, 6.07) is 15.7. The molecule has 3 amide bonds. The molecule has 21 heavy (non-hydrogen) atoms. The van der Waals surface area contributed by atoms with Gasteiger partial charge in [-0.2, -0.15) is 0 Å². The van der Waals surface area contributed by atoms with Crippen LogP contribution in [0.15, 0.2) is 54.6 Å². The Balaban J connectivity index is 1.76. The van der Waals surface area contributed by atoms with Crippen LogP contribution in [-0.2, 0) is 6.42 Å². The molecule has 0 unspecified atom stereocenters. The van der Waals surface area contributed by atoms with Crippen molar-refractivity contribution in [3.63, 3.8) is 0 Å². The van der Waals surface area contributed by atoms with E-state index in [4.69, 9.17) is 5.73 Å². The van der Waals surface area contributed by atoms with E-state index in [1.54, 1.807) is 24.3 Å². The van der Waals surface area contributed by atoms with Crippen LogP contribution in [0.25, 0.3) is 0 Å². The summed E-state index contributed by atoms with van der Waals surface area (Å²) < 4.78 is 0. The average Bonchev–Trinajstić information content (AvgIpc) is 2.49. The summed E-state index contributed by atoms with van der Waals surface area (Å²) in [6.07, 6.45) is 0.713. The summed E-state index contributed by atoms with van der Waals surface area (Å²) >= 11 is 0. The number of nitrogens with two attached hydrogens (primary N) is 1. The zero-order valence-corrected chi connectivity index (χ0v) is 11.5. The van der Waals surface area contributed by atoms with Gasteiger partial charge in [0, 0.05) is 17.8 Å². The van der Waals surface area contributed by atoms with Crippen molar-refractivity contribution in [2.75, 3.05) is 12.3 Å². The van der Waals surface area contributed by atoms with E-state index in [9.17, 15) is 9.59 Å². The van der Waals surface area contributed by atoms with Gasteiger partial charge in [0.05, 0.1) is 0 Å². The Morgan fingerprint density at radius 2 is 1.62 bits per heavy atom. The minimum absolute atomic E-state index is 0.391. The molecule has 0 aromatic heterocycles. The van der Waals surface area contributed by atoms with Crippen LogP contribution in [0.4, 0.5) is 10.5 Å². The van der Waals surface area contributed by atoms with E-state index in [2.05, 4.69) is 10.6 Å². The van der Waals surface area contributed by atoms with Crippen molar-refractivity contribution < 1.29 is 9.59 Å². The van der Waals surface area contributed by atoms with E-state index >= 15 is 0 Å². The van der Waals surface area contributed by atoms with Crippen molar-refractivity contribution in [3.05, 3.63) is 65.7 Å². The van der Waals surface area contributed by atoms with Crippen LogP contribution in [0, 0.1) is 0 Å². The molecule has 0 bridgehead atoms. The van der Waals surface area contributed by atoms with Gasteiger partial charge in [-0.1, -0.05) is 30.3 Å². The molecule has 2 aromatic carbocycles. The molecular formula is C16H17N3O2. The van der Waals surface area contributed by atoms with Gasteiger partial charge in [0.2, 0.25) is 0 Å². The Hall–Kier alpha value is -2.82. The highest BCUT2D eigenvalue weighted by Gasteiger charge is 2.09. The number of benzene rings is 2. The summed E-state index contributed by atoms with van der Waals surface area (Å²) in [4.78, 5) is 23.4. The van der Waals surface area contributed by atoms with Crippen molar-refractivity contribution in [2.24, 2.45) is 0 Å². The normalized spacial score (nSPS) is 9.90. The maximum atomic E-state index is 11.8. The topological polar surface area (TPSA) is 84.2 Å². The fraction of sp³-hybridized carbons (Fsp3) is 0.125. The molecule has 0 radical (unpaired) electrons. The second-order valence-corrected chi connectivity index (χ2v) is 4.57. The zero-order chi connectivity index (χ0) is 15.1. The van der Waals surface area contributed by atoms with Gasteiger partial charge in [0.15, 0.2) is 0 Å². The first-order valence-corrected chi connectivity index (χ1v) is 6.64. The average molecular weight is 283 g/mol. The molecule has 0 spiro atoms. The molecule has 4 N–H and O–H groups in total. The first-order valence-electron chi connectivity index (χ1n) is 6.64. The van der Waals surface area contributed by atoms with Crippen LogP contribution < -0.4 is 16.4 Å². The minimum atomic E-state index is -0.507. The fourth-order valence-corrected chi connectivity index (χ4v) is 1.82. The lowest BCUT2D eigenvalue weighted by atomic mass is 10.1. The standard InChI is InChI=1S/C16H17N3O2/c17-14-8-6-13(7-9-14)15(20)19-16(21)18-11-10-12-4-2-1-3-5-12/h1-9H,10-11,17H2,(H2,18,19,20,21). The lowest BCUT2D eigenvalue weighted by molar-refractivity contribution is 0.0964. The molecule has 0 heterocycles. The van der Waals surface area contributed by atoms with E-state index in [0.29, 0.717) is 24.2 Å². The second-order valence-electron chi connectivity index (χ2n) is 4.57. The molecule has 108 valence electrons. The number of urea groups is 1. The highest BCUT2D eigenvalue weighted by molar-refractivity contribution is 6.04. The van der Waals surface area contributed by atoms with Crippen LogP contribution in [-0.4, -0.2) is 18.5 Å². The second kappa shape index (κ2) is 7.09. The first-order chi connectivity index (χ1) is 10.1. The van der Waals surface area contributed by atoms with E-state index in [1.165, 1.54) is 0 Å². The van der Waals surface area contributed by atoms with Crippen LogP contribution in [0.3, 0.4) is 0 Å². The SMILES string of the molecule is Nc1ccc(C(=O)NC(=O)NCCc2ccccc2)cc1. The number of rotatable bonds is 4. The number of anilines is 1. The third kappa shape index (κ3) is 4.65. The van der Waals surface area contributed by atoms with Gasteiger partial charge < -0.3 is 11.1 Å². The number of hydrogen-bond acceptors (Lipinski definition) is 3. The molecule has 2 aromatic rings. The van der Waals surface area contributed by atoms with E-state index < -0.39 is 11.9 Å². The molecule has 0 aliphatic carbocycles. The van der Waals surface area contributed by atoms with Gasteiger partial charge >= 0.3 is 6.03 Å². The third-order valence-corrected chi connectivity index (χ3v) is 2.94. The Kier molecular flexibility index (Phi) is 4.93. The Morgan fingerprint density at radius 1 is 0.952 bits per heavy atom. The van der Waals surface area contributed by atoms with Gasteiger partial charge in [-0.15, -0.1) is 0 Å². The highest BCUT2D eigenvalue weighted by atomic mass is 16.2. The molecule has 0 saturated carbocycles. The Bertz CT molecular complexity index is 609. The van der Waals surface area contributed by atoms with Gasteiger partial charge in [-0.3, -0.25) is 10.1 Å². The third-order valence-electron chi connectivity index (χ3n) is 2.94. The summed E-state index contributed by atoms with van der Waals surface area (Å²) in [7, 11) is 0. The maximum absolute atomic E-state index is 11.8. The highest BCUT2D eigenvalue weighted by Crippen LogP contribution is 2.05. The zero-order valence-electron chi connectivity index (χ0n) is 11.5. The molecule has 0 fully saturated rings. The number of nitrogen functional groups attached to an aromatic ring is 1. The molecule has 0 atom stereocenters. The molecule has 2 rings (SSSR count). The van der Waals surface area contributed by atoms with Crippen molar-refractivity contribution >= 4 is 17.6 Å². The summed E-state index contributed by atoms with van der Waals surface area (Å²) in [5.41, 5.74) is 7.63. The number of amides is 3. The molecule has 5 heteroatoms. The molecule has 0 saturated heterocycles. The van der Waals surface area contributed by atoms with Gasteiger partial charge in [-0.25, -0.2) is 4.79 Å². The first kappa shape index (κ1) is 14.6. The van der Waals surface area contributed by atoms with E-state index in [-0.39, 0.29) is 0 Å². The predicted octanol–water partition coefficient (Wildman–Crippen LogP) is 1.95. The Labute approximate surface area is 123 Å². The van der Waals surface area contributed by atoms with Crippen LogP contribution in [0.1, 0.15) is 15.9 Å². The van der Waals surface area contributed by atoms with Crippen molar-refractivity contribution in [2.45, 2.75) is 6.42 Å². The van der Waals surface area contributed by atoms with E-state index in [0.717, 1.165) is 5.56 Å². The predicted molar refractivity (Wildman–Crippen MR) is 81.9 cm³/mol. The van der Waals surface area contributed by atoms with Gasteiger partial charge in [-0.05, 0) is 36.2 Å². The van der Waals surface area contributed by atoms with Crippen molar-refractivity contribution in [1.29, 1.82) is 0 Å². The minimum Gasteiger partial charge on any atom is -0.399 e. The van der Waals surface area contributed by atoms with E-state index in [1.807, 2.05) is 30.3 Å². The van der Waals surface area contributed by atoms with Gasteiger partial charge in [0.1, 0.15) is 0 Å². The Morgan fingerprint density at radius 3 is 2.29 bits per heavy atom. The van der Waals surface area contributed by atoms with Crippen molar-refractivity contribution in [3.8, 4) is 0 Å². The quantitative estimate of drug-likeness (QED) is 0.750. The lowest BCUT2D eigenvalue weighted by Gasteiger charge is -2.07. The molecule has 0 aliphatic heterocycles. The fourth-order valence-electron chi connectivity index (χ4n) is 1.82. The van der Waals surface area contributed by atoms with Crippen molar-refractivity contribution in [1.82, 2.24) is 10.6 Å². The number of nitrogens with one attached hydrogen (secondary N) is 2. The van der Waals surface area contributed by atoms with Crippen LogP contribution in [0.5, 0.6) is 0 Å².